The van der Waals surface area contributed by atoms with Crippen molar-refractivity contribution in [2.75, 3.05) is 10.0 Å². The molecule has 0 bridgehead atoms. The van der Waals surface area contributed by atoms with E-state index in [1.807, 2.05) is 0 Å². The molecule has 0 spiro atoms. The minimum Gasteiger partial charge on any atom is -0.321 e. The highest BCUT2D eigenvalue weighted by molar-refractivity contribution is 7.92. The maximum Gasteiger partial charge on any atom is 0.263 e. The van der Waals surface area contributed by atoms with E-state index in [4.69, 9.17) is 46.4 Å². The fourth-order valence-electron chi connectivity index (χ4n) is 2.37. The van der Waals surface area contributed by atoms with Crippen LogP contribution in [0, 0.1) is 0 Å². The fraction of sp³-hybridized carbons (Fsp3) is 0. The van der Waals surface area contributed by atoms with Crippen LogP contribution in [0.1, 0.15) is 10.4 Å². The highest BCUT2D eigenvalue weighted by Gasteiger charge is 2.21. The summed E-state index contributed by atoms with van der Waals surface area (Å²) in [5.41, 5.74) is 0.663. The highest BCUT2D eigenvalue weighted by atomic mass is 35.5. The first-order valence-corrected chi connectivity index (χ1v) is 11.0. The molecule has 0 heterocycles. The van der Waals surface area contributed by atoms with Crippen LogP contribution in [0.3, 0.4) is 0 Å². The molecule has 1 amide bonds. The summed E-state index contributed by atoms with van der Waals surface area (Å²) < 4.78 is 27.9. The molecule has 0 fully saturated rings. The second-order valence-electron chi connectivity index (χ2n) is 5.81. The second kappa shape index (κ2) is 8.81. The molecule has 2 N–H and O–H groups in total. The Morgan fingerprint density at radius 2 is 1.52 bits per heavy atom. The van der Waals surface area contributed by atoms with Gasteiger partial charge in [0.15, 0.2) is 0 Å². The number of carbonyl (C=O) groups is 1. The van der Waals surface area contributed by atoms with Gasteiger partial charge in [-0.1, -0.05) is 52.5 Å². The summed E-state index contributed by atoms with van der Waals surface area (Å²) in [5.74, 6) is -0.575. The van der Waals surface area contributed by atoms with Crippen LogP contribution < -0.4 is 10.0 Å². The van der Waals surface area contributed by atoms with Crippen LogP contribution in [0.15, 0.2) is 65.6 Å². The van der Waals surface area contributed by atoms with Crippen LogP contribution in [0.4, 0.5) is 11.4 Å². The fourth-order valence-corrected chi connectivity index (χ4v) is 4.43. The Balaban J connectivity index is 1.89. The van der Waals surface area contributed by atoms with Gasteiger partial charge in [-0.3, -0.25) is 9.52 Å². The molecular formula is C19H12Cl4N2O3S. The van der Waals surface area contributed by atoms with E-state index in [2.05, 4.69) is 10.0 Å². The van der Waals surface area contributed by atoms with Crippen molar-refractivity contribution in [3.8, 4) is 0 Å². The van der Waals surface area contributed by atoms with Crippen LogP contribution in [-0.4, -0.2) is 14.3 Å². The van der Waals surface area contributed by atoms with Crippen molar-refractivity contribution < 1.29 is 13.2 Å². The van der Waals surface area contributed by atoms with Gasteiger partial charge in [-0.2, -0.15) is 0 Å². The van der Waals surface area contributed by atoms with E-state index in [0.29, 0.717) is 16.4 Å². The predicted octanol–water partition coefficient (Wildman–Crippen LogP) is 6.35. The van der Waals surface area contributed by atoms with E-state index in [1.54, 1.807) is 30.3 Å². The molecular weight excluding hydrogens is 478 g/mol. The molecule has 3 aromatic carbocycles. The molecule has 0 saturated heterocycles. The number of rotatable bonds is 5. The lowest BCUT2D eigenvalue weighted by molar-refractivity contribution is 0.102. The number of amides is 1. The molecule has 3 rings (SSSR count). The van der Waals surface area contributed by atoms with Crippen LogP contribution in [0.25, 0.3) is 0 Å². The Labute approximate surface area is 187 Å². The van der Waals surface area contributed by atoms with Gasteiger partial charge in [-0.05, 0) is 54.6 Å². The normalized spacial score (nSPS) is 11.2. The molecule has 10 heteroatoms. The maximum absolute atomic E-state index is 12.7. The third-order valence-corrected chi connectivity index (χ3v) is 6.71. The van der Waals surface area contributed by atoms with Crippen LogP contribution in [-0.2, 0) is 10.0 Å². The molecule has 0 radical (unpaired) electrons. The van der Waals surface area contributed by atoms with Gasteiger partial charge < -0.3 is 5.32 Å². The van der Waals surface area contributed by atoms with Crippen molar-refractivity contribution in [1.82, 2.24) is 0 Å². The summed E-state index contributed by atoms with van der Waals surface area (Å²) in [6.45, 7) is 0. The first-order chi connectivity index (χ1) is 13.7. The number of sulfonamides is 1. The quantitative estimate of drug-likeness (QED) is 0.438. The Bertz CT molecular complexity index is 1180. The van der Waals surface area contributed by atoms with Crippen molar-refractivity contribution >= 4 is 73.7 Å². The lowest BCUT2D eigenvalue weighted by atomic mass is 10.2. The molecule has 0 saturated carbocycles. The average molecular weight is 490 g/mol. The van der Waals surface area contributed by atoms with Crippen molar-refractivity contribution in [3.05, 3.63) is 86.3 Å². The Morgan fingerprint density at radius 3 is 2.21 bits per heavy atom. The number of halogens is 4. The summed E-state index contributed by atoms with van der Waals surface area (Å²) in [4.78, 5) is 12.3. The molecule has 0 aliphatic heterocycles. The van der Waals surface area contributed by atoms with Crippen molar-refractivity contribution in [2.24, 2.45) is 0 Å². The number of nitrogens with one attached hydrogen (secondary N) is 2. The van der Waals surface area contributed by atoms with E-state index in [1.165, 1.54) is 30.3 Å². The van der Waals surface area contributed by atoms with Gasteiger partial charge in [-0.15, -0.1) is 0 Å². The second-order valence-corrected chi connectivity index (χ2v) is 9.09. The molecule has 0 aliphatic rings. The largest absolute Gasteiger partial charge is 0.321 e. The van der Waals surface area contributed by atoms with Gasteiger partial charge in [0.25, 0.3) is 15.9 Å². The molecule has 5 nitrogen and oxygen atoms in total. The Hall–Kier alpha value is -1.96. The summed E-state index contributed by atoms with van der Waals surface area (Å²) in [5, 5.41) is 3.47. The zero-order valence-corrected chi connectivity index (χ0v) is 18.3. The highest BCUT2D eigenvalue weighted by Crippen LogP contribution is 2.30. The van der Waals surface area contributed by atoms with E-state index in [0.717, 1.165) is 0 Å². The first-order valence-electron chi connectivity index (χ1n) is 8.01. The molecule has 0 atom stereocenters. The molecule has 150 valence electrons. The smallest absolute Gasteiger partial charge is 0.263 e. The number of hydrogen-bond acceptors (Lipinski definition) is 3. The molecule has 0 aliphatic carbocycles. The number of carbonyl (C=O) groups excluding carboxylic acids is 1. The standard InChI is InChI=1S/C19H12Cl4N2O3S/c20-12-5-7-13(8-6-12)25-29(27,28)17-10-11(4-9-14(17)21)19(26)24-16-3-1-2-15(22)18(16)23/h1-10,25H,(H,24,26). The predicted molar refractivity (Wildman–Crippen MR) is 118 cm³/mol. The van der Waals surface area contributed by atoms with Gasteiger partial charge >= 0.3 is 0 Å². The minimum atomic E-state index is -4.05. The monoisotopic (exact) mass is 488 g/mol. The van der Waals surface area contributed by atoms with Gasteiger partial charge in [0.05, 0.1) is 20.8 Å². The molecule has 3 aromatic rings. The topological polar surface area (TPSA) is 75.3 Å². The Morgan fingerprint density at radius 1 is 0.828 bits per heavy atom. The van der Waals surface area contributed by atoms with E-state index in [-0.39, 0.29) is 25.5 Å². The first kappa shape index (κ1) is 21.7. The zero-order chi connectivity index (χ0) is 21.2. The van der Waals surface area contributed by atoms with E-state index in [9.17, 15) is 13.2 Å². The van der Waals surface area contributed by atoms with Crippen molar-refractivity contribution in [2.45, 2.75) is 4.90 Å². The summed E-state index contributed by atoms with van der Waals surface area (Å²) >= 11 is 23.9. The summed E-state index contributed by atoms with van der Waals surface area (Å²) in [6.07, 6.45) is 0. The van der Waals surface area contributed by atoms with Crippen molar-refractivity contribution in [3.63, 3.8) is 0 Å². The maximum atomic E-state index is 12.7. The summed E-state index contributed by atoms with van der Waals surface area (Å²) in [7, 11) is -4.05. The summed E-state index contributed by atoms with van der Waals surface area (Å²) in [6, 6.07) is 14.8. The Kier molecular flexibility index (Phi) is 6.61. The number of anilines is 2. The average Bonchev–Trinajstić information content (AvgIpc) is 2.67. The van der Waals surface area contributed by atoms with Crippen molar-refractivity contribution in [1.29, 1.82) is 0 Å². The van der Waals surface area contributed by atoms with Gasteiger partial charge in [-0.25, -0.2) is 8.42 Å². The molecule has 29 heavy (non-hydrogen) atoms. The minimum absolute atomic E-state index is 0.0381. The lowest BCUT2D eigenvalue weighted by Gasteiger charge is -2.12. The van der Waals surface area contributed by atoms with Crippen LogP contribution in [0.5, 0.6) is 0 Å². The van der Waals surface area contributed by atoms with Crippen LogP contribution >= 0.6 is 46.4 Å². The molecule has 0 unspecified atom stereocenters. The van der Waals surface area contributed by atoms with Crippen LogP contribution in [0.2, 0.25) is 20.1 Å². The van der Waals surface area contributed by atoms with E-state index < -0.39 is 15.9 Å². The number of hydrogen-bond donors (Lipinski definition) is 2. The van der Waals surface area contributed by atoms with Gasteiger partial charge in [0.1, 0.15) is 4.90 Å². The number of benzene rings is 3. The molecule has 0 aromatic heterocycles. The van der Waals surface area contributed by atoms with Gasteiger partial charge in [0.2, 0.25) is 0 Å². The third-order valence-electron chi connectivity index (χ3n) is 3.78. The lowest BCUT2D eigenvalue weighted by Crippen LogP contribution is -2.16. The van der Waals surface area contributed by atoms with Gasteiger partial charge in [0, 0.05) is 16.3 Å². The third kappa shape index (κ3) is 5.15. The van der Waals surface area contributed by atoms with E-state index >= 15 is 0 Å². The zero-order valence-electron chi connectivity index (χ0n) is 14.4. The SMILES string of the molecule is O=C(Nc1cccc(Cl)c1Cl)c1ccc(Cl)c(S(=O)(=O)Nc2ccc(Cl)cc2)c1.